The minimum atomic E-state index is -0.0476. The summed E-state index contributed by atoms with van der Waals surface area (Å²) >= 11 is 0. The molecule has 0 bridgehead atoms. The first-order chi connectivity index (χ1) is 13.1. The van der Waals surface area contributed by atoms with E-state index in [1.165, 1.54) is 0 Å². The van der Waals surface area contributed by atoms with Gasteiger partial charge in [-0.3, -0.25) is 4.79 Å². The van der Waals surface area contributed by atoms with E-state index in [4.69, 9.17) is 0 Å². The smallest absolute Gasteiger partial charge is 0.242 e. The number of para-hydroxylation sites is 1. The highest BCUT2D eigenvalue weighted by atomic mass is 16.2. The van der Waals surface area contributed by atoms with Gasteiger partial charge >= 0.3 is 0 Å². The summed E-state index contributed by atoms with van der Waals surface area (Å²) < 4.78 is 1.89. The van der Waals surface area contributed by atoms with Gasteiger partial charge in [0.1, 0.15) is 12.4 Å². The van der Waals surface area contributed by atoms with Crippen LogP contribution < -0.4 is 0 Å². The summed E-state index contributed by atoms with van der Waals surface area (Å²) in [5.74, 6) is 0.840. The van der Waals surface area contributed by atoms with Gasteiger partial charge in [0, 0.05) is 36.2 Å². The van der Waals surface area contributed by atoms with Crippen LogP contribution in [0.15, 0.2) is 73.1 Å². The molecule has 5 nitrogen and oxygen atoms in total. The van der Waals surface area contributed by atoms with Gasteiger partial charge in [0.2, 0.25) is 5.91 Å². The van der Waals surface area contributed by atoms with E-state index in [0.717, 1.165) is 28.0 Å². The SMILES string of the molecule is C[C@@H](c1cc2ccccc2[nH]1)N(C)C(=O)Cn1ccnc1-c1ccccc1. The van der Waals surface area contributed by atoms with Crippen LogP contribution in [0.2, 0.25) is 0 Å². The van der Waals surface area contributed by atoms with Crippen molar-refractivity contribution in [2.45, 2.75) is 19.5 Å². The average molecular weight is 358 g/mol. The number of nitrogens with zero attached hydrogens (tertiary/aromatic N) is 3. The summed E-state index contributed by atoms with van der Waals surface area (Å²) in [5.41, 5.74) is 3.11. The monoisotopic (exact) mass is 358 g/mol. The zero-order valence-corrected chi connectivity index (χ0v) is 15.5. The van der Waals surface area contributed by atoms with Crippen LogP contribution in [0.25, 0.3) is 22.3 Å². The number of fused-ring (bicyclic) bond motifs is 1. The zero-order chi connectivity index (χ0) is 18.8. The lowest BCUT2D eigenvalue weighted by molar-refractivity contribution is -0.132. The molecule has 1 amide bonds. The van der Waals surface area contributed by atoms with Crippen molar-refractivity contribution in [2.75, 3.05) is 7.05 Å². The van der Waals surface area contributed by atoms with Gasteiger partial charge in [-0.25, -0.2) is 4.98 Å². The van der Waals surface area contributed by atoms with E-state index in [-0.39, 0.29) is 18.5 Å². The van der Waals surface area contributed by atoms with Crippen LogP contribution in [-0.4, -0.2) is 32.4 Å². The maximum Gasteiger partial charge on any atom is 0.242 e. The van der Waals surface area contributed by atoms with Crippen molar-refractivity contribution < 1.29 is 4.79 Å². The van der Waals surface area contributed by atoms with Crippen molar-refractivity contribution in [3.8, 4) is 11.4 Å². The van der Waals surface area contributed by atoms with Crippen molar-refractivity contribution in [3.05, 3.63) is 78.8 Å². The standard InChI is InChI=1S/C22H22N4O/c1-16(20-14-18-10-6-7-11-19(18)24-20)25(2)21(27)15-26-13-12-23-22(26)17-8-4-3-5-9-17/h3-14,16,24H,15H2,1-2H3/t16-/m0/s1. The van der Waals surface area contributed by atoms with Gasteiger partial charge in [-0.1, -0.05) is 48.5 Å². The van der Waals surface area contributed by atoms with E-state index in [2.05, 4.69) is 22.1 Å². The Morgan fingerprint density at radius 1 is 1.15 bits per heavy atom. The Morgan fingerprint density at radius 3 is 2.67 bits per heavy atom. The Hall–Kier alpha value is -3.34. The third-order valence-electron chi connectivity index (χ3n) is 5.03. The molecular weight excluding hydrogens is 336 g/mol. The molecule has 0 aliphatic heterocycles. The van der Waals surface area contributed by atoms with E-state index in [9.17, 15) is 4.79 Å². The van der Waals surface area contributed by atoms with Crippen molar-refractivity contribution in [1.29, 1.82) is 0 Å². The van der Waals surface area contributed by atoms with E-state index in [1.807, 2.05) is 73.3 Å². The number of hydrogen-bond acceptors (Lipinski definition) is 2. The molecule has 0 saturated heterocycles. The predicted octanol–water partition coefficient (Wildman–Crippen LogP) is 4.25. The van der Waals surface area contributed by atoms with Crippen LogP contribution in [-0.2, 0) is 11.3 Å². The van der Waals surface area contributed by atoms with Crippen LogP contribution in [0.3, 0.4) is 0 Å². The summed E-state index contributed by atoms with van der Waals surface area (Å²) in [5, 5.41) is 1.15. The molecule has 0 aliphatic carbocycles. The van der Waals surface area contributed by atoms with Gasteiger partial charge in [0.15, 0.2) is 0 Å². The Labute approximate surface area is 158 Å². The van der Waals surface area contributed by atoms with Gasteiger partial charge in [0.25, 0.3) is 0 Å². The predicted molar refractivity (Wildman–Crippen MR) is 107 cm³/mol. The molecule has 5 heteroatoms. The first kappa shape index (κ1) is 17.1. The number of H-pyrrole nitrogens is 1. The highest BCUT2D eigenvalue weighted by Gasteiger charge is 2.20. The second-order valence-electron chi connectivity index (χ2n) is 6.74. The molecule has 0 spiro atoms. The van der Waals surface area contributed by atoms with Gasteiger partial charge in [-0.05, 0) is 24.4 Å². The van der Waals surface area contributed by atoms with Gasteiger partial charge in [0.05, 0.1) is 6.04 Å². The van der Waals surface area contributed by atoms with Crippen LogP contribution >= 0.6 is 0 Å². The zero-order valence-electron chi connectivity index (χ0n) is 15.5. The Bertz CT molecular complexity index is 1030. The van der Waals surface area contributed by atoms with E-state index in [1.54, 1.807) is 11.1 Å². The Morgan fingerprint density at radius 2 is 1.89 bits per heavy atom. The minimum absolute atomic E-state index is 0.0383. The van der Waals surface area contributed by atoms with Crippen LogP contribution in [0, 0.1) is 0 Å². The lowest BCUT2D eigenvalue weighted by Gasteiger charge is -2.24. The number of imidazole rings is 1. The lowest BCUT2D eigenvalue weighted by Crippen LogP contribution is -2.32. The molecule has 0 unspecified atom stereocenters. The lowest BCUT2D eigenvalue weighted by atomic mass is 10.2. The van der Waals surface area contributed by atoms with Gasteiger partial charge in [-0.15, -0.1) is 0 Å². The fraction of sp³-hybridized carbons (Fsp3) is 0.182. The molecule has 2 heterocycles. The number of aromatic amines is 1. The van der Waals surface area contributed by atoms with Crippen LogP contribution in [0.5, 0.6) is 0 Å². The summed E-state index contributed by atoms with van der Waals surface area (Å²) in [6.45, 7) is 2.29. The summed E-state index contributed by atoms with van der Waals surface area (Å²) in [7, 11) is 1.84. The van der Waals surface area contributed by atoms with Gasteiger partial charge in [-0.2, -0.15) is 0 Å². The maximum absolute atomic E-state index is 12.9. The topological polar surface area (TPSA) is 53.9 Å². The molecule has 2 aromatic heterocycles. The molecule has 0 fully saturated rings. The summed E-state index contributed by atoms with van der Waals surface area (Å²) in [6.07, 6.45) is 3.58. The summed E-state index contributed by atoms with van der Waals surface area (Å²) in [6, 6.07) is 20.1. The van der Waals surface area contributed by atoms with Crippen molar-refractivity contribution >= 4 is 16.8 Å². The molecule has 1 atom stereocenters. The number of hydrogen-bond donors (Lipinski definition) is 1. The molecule has 0 radical (unpaired) electrons. The second kappa shape index (κ2) is 7.11. The highest BCUT2D eigenvalue weighted by molar-refractivity contribution is 5.81. The third-order valence-corrected chi connectivity index (χ3v) is 5.03. The molecule has 1 N–H and O–H groups in total. The van der Waals surface area contributed by atoms with E-state index < -0.39 is 0 Å². The van der Waals surface area contributed by atoms with Crippen molar-refractivity contribution in [1.82, 2.24) is 19.4 Å². The number of carbonyl (C=O) groups excluding carboxylic acids is 1. The quantitative estimate of drug-likeness (QED) is 0.580. The minimum Gasteiger partial charge on any atom is -0.357 e. The number of rotatable bonds is 5. The number of amides is 1. The Balaban J connectivity index is 1.52. The molecule has 27 heavy (non-hydrogen) atoms. The first-order valence-corrected chi connectivity index (χ1v) is 9.03. The molecule has 0 saturated carbocycles. The second-order valence-corrected chi connectivity index (χ2v) is 6.74. The molecular formula is C22H22N4O. The molecule has 4 rings (SSSR count). The molecule has 4 aromatic rings. The third kappa shape index (κ3) is 3.36. The normalized spacial score (nSPS) is 12.2. The van der Waals surface area contributed by atoms with E-state index in [0.29, 0.717) is 0 Å². The molecule has 2 aromatic carbocycles. The number of likely N-dealkylation sites (N-methyl/N-ethyl adjacent to an activating group) is 1. The van der Waals surface area contributed by atoms with Crippen molar-refractivity contribution in [3.63, 3.8) is 0 Å². The summed E-state index contributed by atoms with van der Waals surface area (Å²) in [4.78, 5) is 22.5. The molecule has 0 aliphatic rings. The molecule has 136 valence electrons. The van der Waals surface area contributed by atoms with Crippen molar-refractivity contribution in [2.24, 2.45) is 0 Å². The first-order valence-electron chi connectivity index (χ1n) is 9.03. The Kier molecular flexibility index (Phi) is 4.50. The van der Waals surface area contributed by atoms with Crippen LogP contribution in [0.4, 0.5) is 0 Å². The van der Waals surface area contributed by atoms with Crippen LogP contribution in [0.1, 0.15) is 18.7 Å². The fourth-order valence-corrected chi connectivity index (χ4v) is 3.29. The van der Waals surface area contributed by atoms with E-state index >= 15 is 0 Å². The maximum atomic E-state index is 12.9. The number of carbonyl (C=O) groups is 1. The number of nitrogens with one attached hydrogen (secondary N) is 1. The average Bonchev–Trinajstić information content (AvgIpc) is 3.34. The highest BCUT2D eigenvalue weighted by Crippen LogP contribution is 2.24. The number of benzene rings is 2. The number of aromatic nitrogens is 3. The fourth-order valence-electron chi connectivity index (χ4n) is 3.29. The van der Waals surface area contributed by atoms with Gasteiger partial charge < -0.3 is 14.5 Å². The largest absolute Gasteiger partial charge is 0.357 e.